The SMILES string of the molecule is Cc1occc1C(=O)NCCC(O)C(C)C. The highest BCUT2D eigenvalue weighted by molar-refractivity contribution is 5.94. The van der Waals surface area contributed by atoms with E-state index in [1.54, 1.807) is 13.0 Å². The van der Waals surface area contributed by atoms with Gasteiger partial charge in [-0.15, -0.1) is 0 Å². The quantitative estimate of drug-likeness (QED) is 0.802. The van der Waals surface area contributed by atoms with E-state index in [1.165, 1.54) is 6.26 Å². The lowest BCUT2D eigenvalue weighted by atomic mass is 10.0. The van der Waals surface area contributed by atoms with Crippen molar-refractivity contribution in [3.05, 3.63) is 23.7 Å². The van der Waals surface area contributed by atoms with E-state index >= 15 is 0 Å². The Balaban J connectivity index is 2.34. The molecule has 1 aromatic rings. The molecule has 1 amide bonds. The number of hydrogen-bond donors (Lipinski definition) is 2. The molecule has 0 aliphatic carbocycles. The van der Waals surface area contributed by atoms with Crippen LogP contribution >= 0.6 is 0 Å². The molecule has 0 aliphatic heterocycles. The van der Waals surface area contributed by atoms with Crippen molar-refractivity contribution in [2.45, 2.75) is 33.3 Å². The van der Waals surface area contributed by atoms with E-state index in [9.17, 15) is 9.90 Å². The molecule has 1 heterocycles. The molecule has 2 N–H and O–H groups in total. The van der Waals surface area contributed by atoms with Crippen LogP contribution < -0.4 is 5.32 Å². The van der Waals surface area contributed by atoms with Gasteiger partial charge in [-0.3, -0.25) is 4.79 Å². The summed E-state index contributed by atoms with van der Waals surface area (Å²) in [6, 6.07) is 1.64. The average Bonchev–Trinajstić information content (AvgIpc) is 2.64. The molecule has 0 saturated carbocycles. The van der Waals surface area contributed by atoms with Gasteiger partial charge in [-0.05, 0) is 25.3 Å². The average molecular weight is 225 g/mol. The molecule has 0 aliphatic rings. The molecule has 0 bridgehead atoms. The summed E-state index contributed by atoms with van der Waals surface area (Å²) in [5.41, 5.74) is 0.555. The normalized spacial score (nSPS) is 12.8. The maximum absolute atomic E-state index is 11.6. The Labute approximate surface area is 95.7 Å². The Hall–Kier alpha value is -1.29. The van der Waals surface area contributed by atoms with E-state index in [2.05, 4.69) is 5.32 Å². The molecule has 1 aromatic heterocycles. The molecule has 16 heavy (non-hydrogen) atoms. The molecule has 1 unspecified atom stereocenters. The summed E-state index contributed by atoms with van der Waals surface area (Å²) in [6.45, 7) is 6.13. The third-order valence-electron chi connectivity index (χ3n) is 2.60. The zero-order chi connectivity index (χ0) is 12.1. The van der Waals surface area contributed by atoms with Gasteiger partial charge in [-0.2, -0.15) is 0 Å². The second-order valence-electron chi connectivity index (χ2n) is 4.25. The largest absolute Gasteiger partial charge is 0.469 e. The Morgan fingerprint density at radius 3 is 2.75 bits per heavy atom. The van der Waals surface area contributed by atoms with Crippen molar-refractivity contribution in [3.8, 4) is 0 Å². The fraction of sp³-hybridized carbons (Fsp3) is 0.583. The molecular weight excluding hydrogens is 206 g/mol. The molecule has 0 aromatic carbocycles. The van der Waals surface area contributed by atoms with Crippen molar-refractivity contribution in [2.75, 3.05) is 6.54 Å². The maximum atomic E-state index is 11.6. The third kappa shape index (κ3) is 3.38. The molecule has 1 atom stereocenters. The zero-order valence-electron chi connectivity index (χ0n) is 9.99. The third-order valence-corrected chi connectivity index (χ3v) is 2.60. The number of carbonyl (C=O) groups excluding carboxylic acids is 1. The lowest BCUT2D eigenvalue weighted by Gasteiger charge is -2.14. The first-order valence-electron chi connectivity index (χ1n) is 5.52. The summed E-state index contributed by atoms with van der Waals surface area (Å²) in [5.74, 6) is 0.677. The first-order chi connectivity index (χ1) is 7.52. The van der Waals surface area contributed by atoms with Gasteiger partial charge in [0, 0.05) is 6.54 Å². The lowest BCUT2D eigenvalue weighted by Crippen LogP contribution is -2.28. The van der Waals surface area contributed by atoms with Gasteiger partial charge in [0.1, 0.15) is 5.76 Å². The van der Waals surface area contributed by atoms with Crippen LogP contribution in [0, 0.1) is 12.8 Å². The van der Waals surface area contributed by atoms with Gasteiger partial charge in [-0.1, -0.05) is 13.8 Å². The van der Waals surface area contributed by atoms with Crippen LogP contribution in [-0.4, -0.2) is 23.7 Å². The first-order valence-corrected chi connectivity index (χ1v) is 5.52. The molecule has 90 valence electrons. The number of furan rings is 1. The highest BCUT2D eigenvalue weighted by atomic mass is 16.3. The Morgan fingerprint density at radius 1 is 1.56 bits per heavy atom. The minimum atomic E-state index is -0.370. The standard InChI is InChI=1S/C12H19NO3/c1-8(2)11(14)4-6-13-12(15)10-5-7-16-9(10)3/h5,7-8,11,14H,4,6H2,1-3H3,(H,13,15). The molecule has 0 radical (unpaired) electrons. The number of aliphatic hydroxyl groups is 1. The highest BCUT2D eigenvalue weighted by Gasteiger charge is 2.12. The van der Waals surface area contributed by atoms with Gasteiger partial charge in [0.2, 0.25) is 0 Å². The minimum absolute atomic E-state index is 0.151. The molecule has 0 spiro atoms. The van der Waals surface area contributed by atoms with Crippen LogP contribution in [0.5, 0.6) is 0 Å². The first kappa shape index (κ1) is 12.8. The fourth-order valence-electron chi connectivity index (χ4n) is 1.38. The van der Waals surface area contributed by atoms with Crippen LogP contribution in [0.15, 0.2) is 16.7 Å². The lowest BCUT2D eigenvalue weighted by molar-refractivity contribution is 0.0919. The fourth-order valence-corrected chi connectivity index (χ4v) is 1.38. The van der Waals surface area contributed by atoms with Crippen molar-refractivity contribution >= 4 is 5.91 Å². The summed E-state index contributed by atoms with van der Waals surface area (Å²) in [5, 5.41) is 12.3. The number of hydrogen-bond acceptors (Lipinski definition) is 3. The number of amides is 1. The van der Waals surface area contributed by atoms with Crippen molar-refractivity contribution < 1.29 is 14.3 Å². The molecule has 4 heteroatoms. The van der Waals surface area contributed by atoms with E-state index in [0.29, 0.717) is 24.3 Å². The number of aryl methyl sites for hydroxylation is 1. The van der Waals surface area contributed by atoms with E-state index in [1.807, 2.05) is 13.8 Å². The van der Waals surface area contributed by atoms with Crippen LogP contribution in [-0.2, 0) is 0 Å². The summed E-state index contributed by atoms with van der Waals surface area (Å²) >= 11 is 0. The second kappa shape index (κ2) is 5.70. The molecule has 0 saturated heterocycles. The predicted molar refractivity (Wildman–Crippen MR) is 61.2 cm³/mol. The Bertz CT molecular complexity index is 344. The van der Waals surface area contributed by atoms with Crippen molar-refractivity contribution in [1.82, 2.24) is 5.32 Å². The monoisotopic (exact) mass is 225 g/mol. The van der Waals surface area contributed by atoms with E-state index in [-0.39, 0.29) is 17.9 Å². The van der Waals surface area contributed by atoms with E-state index in [4.69, 9.17) is 4.42 Å². The smallest absolute Gasteiger partial charge is 0.254 e. The summed E-state index contributed by atoms with van der Waals surface area (Å²) in [7, 11) is 0. The highest BCUT2D eigenvalue weighted by Crippen LogP contribution is 2.08. The van der Waals surface area contributed by atoms with Crippen LogP contribution in [0.25, 0.3) is 0 Å². The molecule has 0 fully saturated rings. The summed E-state index contributed by atoms with van der Waals surface area (Å²) in [6.07, 6.45) is 1.69. The molecule has 4 nitrogen and oxygen atoms in total. The maximum Gasteiger partial charge on any atom is 0.254 e. The van der Waals surface area contributed by atoms with Crippen LogP contribution in [0.1, 0.15) is 36.4 Å². The topological polar surface area (TPSA) is 62.5 Å². The van der Waals surface area contributed by atoms with Crippen molar-refractivity contribution in [1.29, 1.82) is 0 Å². The number of nitrogens with one attached hydrogen (secondary N) is 1. The van der Waals surface area contributed by atoms with E-state index < -0.39 is 0 Å². The number of rotatable bonds is 5. The van der Waals surface area contributed by atoms with Gasteiger partial charge in [0.15, 0.2) is 0 Å². The number of aliphatic hydroxyl groups excluding tert-OH is 1. The Morgan fingerprint density at radius 2 is 2.25 bits per heavy atom. The van der Waals surface area contributed by atoms with Crippen LogP contribution in [0.3, 0.4) is 0 Å². The van der Waals surface area contributed by atoms with Gasteiger partial charge in [0.05, 0.1) is 17.9 Å². The molecule has 1 rings (SSSR count). The van der Waals surface area contributed by atoms with Crippen LogP contribution in [0.4, 0.5) is 0 Å². The minimum Gasteiger partial charge on any atom is -0.469 e. The van der Waals surface area contributed by atoms with Gasteiger partial charge in [0.25, 0.3) is 5.91 Å². The number of carbonyl (C=O) groups is 1. The van der Waals surface area contributed by atoms with Gasteiger partial charge >= 0.3 is 0 Å². The van der Waals surface area contributed by atoms with Gasteiger partial charge in [-0.25, -0.2) is 0 Å². The second-order valence-corrected chi connectivity index (χ2v) is 4.25. The molecular formula is C12H19NO3. The summed E-state index contributed by atoms with van der Waals surface area (Å²) in [4.78, 5) is 11.6. The van der Waals surface area contributed by atoms with Crippen molar-refractivity contribution in [3.63, 3.8) is 0 Å². The zero-order valence-corrected chi connectivity index (χ0v) is 9.99. The van der Waals surface area contributed by atoms with Gasteiger partial charge < -0.3 is 14.8 Å². The van der Waals surface area contributed by atoms with Crippen LogP contribution in [0.2, 0.25) is 0 Å². The van der Waals surface area contributed by atoms with Crippen molar-refractivity contribution in [2.24, 2.45) is 5.92 Å². The predicted octanol–water partition coefficient (Wildman–Crippen LogP) is 1.72. The summed E-state index contributed by atoms with van der Waals surface area (Å²) < 4.78 is 5.04. The Kier molecular flexibility index (Phi) is 4.55. The van der Waals surface area contributed by atoms with E-state index in [0.717, 1.165) is 0 Å².